The number of nitrogens with zero attached hydrogens (tertiary/aromatic N) is 1. The maximum Gasteiger partial charge on any atom is 0.290 e. The van der Waals surface area contributed by atoms with Crippen molar-refractivity contribution in [2.45, 2.75) is 71.1 Å². The second-order valence-corrected chi connectivity index (χ2v) is 5.09. The van der Waals surface area contributed by atoms with Crippen molar-refractivity contribution < 1.29 is 9.90 Å². The highest BCUT2D eigenvalue weighted by atomic mass is 16.3. The molecule has 0 aromatic rings. The average Bonchev–Trinajstić information content (AvgIpc) is 2.32. The quantitative estimate of drug-likeness (QED) is 0.447. The molecule has 3 nitrogen and oxygen atoms in total. The van der Waals surface area contributed by atoms with Gasteiger partial charge in [0.25, 0.3) is 6.47 Å². The molecule has 0 aromatic heterocycles. The number of carboxylic acid groups (broad SMARTS) is 1. The molecule has 18 heavy (non-hydrogen) atoms. The highest BCUT2D eigenvalue weighted by molar-refractivity contribution is 5.32. The molecule has 0 unspecified atom stereocenters. The lowest BCUT2D eigenvalue weighted by Crippen LogP contribution is -2.12. The Balaban J connectivity index is 0. The van der Waals surface area contributed by atoms with Gasteiger partial charge in [0, 0.05) is 0 Å². The van der Waals surface area contributed by atoms with E-state index < -0.39 is 0 Å². The van der Waals surface area contributed by atoms with Crippen LogP contribution in [0.1, 0.15) is 71.1 Å². The van der Waals surface area contributed by atoms with E-state index in [9.17, 15) is 0 Å². The van der Waals surface area contributed by atoms with Gasteiger partial charge in [-0.25, -0.2) is 0 Å². The summed E-state index contributed by atoms with van der Waals surface area (Å²) in [5, 5.41) is 6.89. The van der Waals surface area contributed by atoms with Gasteiger partial charge in [-0.2, -0.15) is 0 Å². The molecule has 0 saturated heterocycles. The maximum absolute atomic E-state index is 8.36. The molecule has 0 saturated carbocycles. The molecule has 0 aliphatic rings. The van der Waals surface area contributed by atoms with E-state index in [1.165, 1.54) is 70.8 Å². The molecular weight excluding hydrogens is 226 g/mol. The van der Waals surface area contributed by atoms with E-state index in [1.807, 2.05) is 0 Å². The molecule has 0 aromatic carbocycles. The molecule has 1 N–H and O–H groups in total. The zero-order chi connectivity index (χ0) is 14.1. The lowest BCUT2D eigenvalue weighted by atomic mass is 10.1. The van der Waals surface area contributed by atoms with Gasteiger partial charge < -0.3 is 10.0 Å². The molecule has 0 aliphatic heterocycles. The van der Waals surface area contributed by atoms with Gasteiger partial charge in [0.1, 0.15) is 0 Å². The minimum atomic E-state index is -0.250. The summed E-state index contributed by atoms with van der Waals surface area (Å²) >= 11 is 0. The lowest BCUT2D eigenvalue weighted by Gasteiger charge is -2.08. The Bertz CT molecular complexity index is 149. The summed E-state index contributed by atoms with van der Waals surface area (Å²) in [7, 11) is 4.32. The first-order valence-electron chi connectivity index (χ1n) is 7.41. The standard InChI is InChI=1S/C14H31N.CH2O2/c1-4-5-6-7-8-9-10-11-12-13-14-15(2)3;2-1-3/h4-14H2,1-3H3;1H,(H,2,3). The zero-order valence-electron chi connectivity index (χ0n) is 12.7. The van der Waals surface area contributed by atoms with Crippen LogP contribution in [-0.2, 0) is 4.79 Å². The van der Waals surface area contributed by atoms with E-state index in [-0.39, 0.29) is 6.47 Å². The summed E-state index contributed by atoms with van der Waals surface area (Å²) in [5.74, 6) is 0. The molecule has 3 heteroatoms. The Morgan fingerprint density at radius 3 is 1.50 bits per heavy atom. The summed E-state index contributed by atoms with van der Waals surface area (Å²) in [6.07, 6.45) is 14.4. The van der Waals surface area contributed by atoms with Crippen LogP contribution >= 0.6 is 0 Å². The first-order chi connectivity index (χ1) is 8.68. The normalized spacial score (nSPS) is 10.0. The first-order valence-corrected chi connectivity index (χ1v) is 7.41. The van der Waals surface area contributed by atoms with Crippen LogP contribution in [0.3, 0.4) is 0 Å². The Morgan fingerprint density at radius 2 is 1.17 bits per heavy atom. The fourth-order valence-electron chi connectivity index (χ4n) is 1.92. The van der Waals surface area contributed by atoms with Crippen LogP contribution in [0.2, 0.25) is 0 Å². The molecule has 0 spiro atoms. The number of rotatable bonds is 11. The monoisotopic (exact) mass is 259 g/mol. The second kappa shape index (κ2) is 18.8. The van der Waals surface area contributed by atoms with E-state index in [0.29, 0.717) is 0 Å². The van der Waals surface area contributed by atoms with E-state index >= 15 is 0 Å². The highest BCUT2D eigenvalue weighted by Gasteiger charge is 1.93. The molecule has 0 amide bonds. The van der Waals surface area contributed by atoms with Crippen LogP contribution in [0.5, 0.6) is 0 Å². The molecule has 0 heterocycles. The number of hydrogen-bond donors (Lipinski definition) is 1. The minimum absolute atomic E-state index is 0.250. The third kappa shape index (κ3) is 24.6. The summed E-state index contributed by atoms with van der Waals surface area (Å²) < 4.78 is 0. The van der Waals surface area contributed by atoms with Gasteiger partial charge in [0.2, 0.25) is 0 Å². The second-order valence-electron chi connectivity index (χ2n) is 5.09. The maximum atomic E-state index is 8.36. The largest absolute Gasteiger partial charge is 0.483 e. The van der Waals surface area contributed by atoms with Crippen LogP contribution in [0, 0.1) is 0 Å². The van der Waals surface area contributed by atoms with Gasteiger partial charge >= 0.3 is 0 Å². The molecule has 0 bridgehead atoms. The summed E-state index contributed by atoms with van der Waals surface area (Å²) in [5.41, 5.74) is 0. The Kier molecular flexibility index (Phi) is 20.6. The lowest BCUT2D eigenvalue weighted by molar-refractivity contribution is -0.122. The van der Waals surface area contributed by atoms with E-state index in [2.05, 4.69) is 25.9 Å². The van der Waals surface area contributed by atoms with Gasteiger partial charge in [-0.1, -0.05) is 64.7 Å². The van der Waals surface area contributed by atoms with Gasteiger partial charge in [0.05, 0.1) is 0 Å². The molecule has 0 aliphatic carbocycles. The minimum Gasteiger partial charge on any atom is -0.483 e. The Labute approximate surface area is 114 Å². The van der Waals surface area contributed by atoms with Crippen LogP contribution in [0.4, 0.5) is 0 Å². The molecule has 110 valence electrons. The zero-order valence-corrected chi connectivity index (χ0v) is 12.7. The van der Waals surface area contributed by atoms with Crippen molar-refractivity contribution in [3.05, 3.63) is 0 Å². The average molecular weight is 259 g/mol. The van der Waals surface area contributed by atoms with Crippen molar-refractivity contribution in [2.75, 3.05) is 20.6 Å². The fraction of sp³-hybridized carbons (Fsp3) is 0.933. The van der Waals surface area contributed by atoms with E-state index in [0.717, 1.165) is 0 Å². The number of unbranched alkanes of at least 4 members (excludes halogenated alkanes) is 9. The fourth-order valence-corrected chi connectivity index (χ4v) is 1.92. The van der Waals surface area contributed by atoms with E-state index in [4.69, 9.17) is 9.90 Å². The molecular formula is C15H33NO2. The van der Waals surface area contributed by atoms with Crippen molar-refractivity contribution in [1.29, 1.82) is 0 Å². The van der Waals surface area contributed by atoms with Crippen molar-refractivity contribution in [3.63, 3.8) is 0 Å². The molecule has 0 fully saturated rings. The smallest absolute Gasteiger partial charge is 0.290 e. The van der Waals surface area contributed by atoms with Gasteiger partial charge in [-0.05, 0) is 27.1 Å². The third-order valence-corrected chi connectivity index (χ3v) is 2.96. The van der Waals surface area contributed by atoms with Gasteiger partial charge in [0.15, 0.2) is 0 Å². The molecule has 0 atom stereocenters. The summed E-state index contributed by atoms with van der Waals surface area (Å²) in [4.78, 5) is 10.6. The molecule has 0 rings (SSSR count). The van der Waals surface area contributed by atoms with E-state index in [1.54, 1.807) is 0 Å². The topological polar surface area (TPSA) is 40.5 Å². The van der Waals surface area contributed by atoms with Gasteiger partial charge in [-0.3, -0.25) is 4.79 Å². The Hall–Kier alpha value is -0.570. The third-order valence-electron chi connectivity index (χ3n) is 2.96. The van der Waals surface area contributed by atoms with Crippen LogP contribution in [0.15, 0.2) is 0 Å². The number of carbonyl (C=O) groups is 1. The van der Waals surface area contributed by atoms with Crippen LogP contribution < -0.4 is 0 Å². The predicted molar refractivity (Wildman–Crippen MR) is 79.1 cm³/mol. The molecule has 0 radical (unpaired) electrons. The Morgan fingerprint density at radius 1 is 0.833 bits per heavy atom. The highest BCUT2D eigenvalue weighted by Crippen LogP contribution is 2.10. The predicted octanol–water partition coefficient (Wildman–Crippen LogP) is 4.17. The van der Waals surface area contributed by atoms with Crippen LogP contribution in [0.25, 0.3) is 0 Å². The first kappa shape index (κ1) is 19.8. The van der Waals surface area contributed by atoms with Crippen molar-refractivity contribution in [1.82, 2.24) is 4.90 Å². The summed E-state index contributed by atoms with van der Waals surface area (Å²) in [6, 6.07) is 0. The van der Waals surface area contributed by atoms with Crippen LogP contribution in [-0.4, -0.2) is 37.1 Å². The summed E-state index contributed by atoms with van der Waals surface area (Å²) in [6.45, 7) is 3.29. The SMILES string of the molecule is CCCCCCCCCCCCN(C)C.O=CO. The van der Waals surface area contributed by atoms with Gasteiger partial charge in [-0.15, -0.1) is 0 Å². The van der Waals surface area contributed by atoms with Crippen molar-refractivity contribution >= 4 is 6.47 Å². The number of hydrogen-bond acceptors (Lipinski definition) is 2. The van der Waals surface area contributed by atoms with Crippen molar-refractivity contribution in [2.24, 2.45) is 0 Å². The van der Waals surface area contributed by atoms with Crippen molar-refractivity contribution in [3.8, 4) is 0 Å².